The maximum Gasteiger partial charge on any atom is 0.273 e. The number of hydrogen-bond donors (Lipinski definition) is 0. The summed E-state index contributed by atoms with van der Waals surface area (Å²) in [6.07, 6.45) is 0. The Kier molecular flexibility index (Phi) is 4.80. The van der Waals surface area contributed by atoms with E-state index in [0.29, 0.717) is 17.1 Å². The minimum Gasteiger partial charge on any atom is -0.496 e. The Morgan fingerprint density at radius 1 is 1.19 bits per heavy atom. The summed E-state index contributed by atoms with van der Waals surface area (Å²) in [5.41, 5.74) is 1.73. The van der Waals surface area contributed by atoms with Gasteiger partial charge in [0.25, 0.3) is 5.69 Å². The van der Waals surface area contributed by atoms with Gasteiger partial charge in [0.2, 0.25) is 0 Å². The zero-order valence-electron chi connectivity index (χ0n) is 11.6. The van der Waals surface area contributed by atoms with Crippen LogP contribution in [0.15, 0.2) is 40.9 Å². The minimum atomic E-state index is -0.449. The molecule has 0 atom stereocenters. The number of methoxy groups -OCH3 is 1. The number of hydrogen-bond acceptors (Lipinski definition) is 4. The molecule has 110 valence electrons. The molecule has 5 nitrogen and oxygen atoms in total. The summed E-state index contributed by atoms with van der Waals surface area (Å²) in [5.74, 6) is 1.15. The third-order valence-electron chi connectivity index (χ3n) is 2.93. The summed E-state index contributed by atoms with van der Waals surface area (Å²) < 4.78 is 11.7. The number of halogens is 1. The fraction of sp³-hybridized carbons (Fsp3) is 0.200. The predicted octanol–water partition coefficient (Wildman–Crippen LogP) is 4.25. The van der Waals surface area contributed by atoms with Crippen LogP contribution in [-0.2, 0) is 6.61 Å². The number of nitrogens with zero attached hydrogens (tertiary/aromatic N) is 1. The molecule has 0 aliphatic carbocycles. The van der Waals surface area contributed by atoms with Crippen LogP contribution < -0.4 is 9.47 Å². The van der Waals surface area contributed by atoms with Gasteiger partial charge in [-0.15, -0.1) is 0 Å². The first-order valence-electron chi connectivity index (χ1n) is 6.21. The maximum atomic E-state index is 10.9. The second kappa shape index (κ2) is 6.58. The van der Waals surface area contributed by atoms with Crippen molar-refractivity contribution in [1.29, 1.82) is 0 Å². The smallest absolute Gasteiger partial charge is 0.273 e. The van der Waals surface area contributed by atoms with Gasteiger partial charge in [-0.3, -0.25) is 10.1 Å². The minimum absolute atomic E-state index is 0.0139. The van der Waals surface area contributed by atoms with E-state index in [1.807, 2.05) is 25.1 Å². The maximum absolute atomic E-state index is 10.9. The van der Waals surface area contributed by atoms with E-state index in [-0.39, 0.29) is 12.3 Å². The molecule has 6 heteroatoms. The Morgan fingerprint density at radius 2 is 1.95 bits per heavy atom. The van der Waals surface area contributed by atoms with Crippen LogP contribution in [0.5, 0.6) is 11.5 Å². The van der Waals surface area contributed by atoms with Crippen LogP contribution in [0.4, 0.5) is 5.69 Å². The lowest BCUT2D eigenvalue weighted by Gasteiger charge is -2.09. The van der Waals surface area contributed by atoms with Gasteiger partial charge in [0.15, 0.2) is 0 Å². The van der Waals surface area contributed by atoms with Gasteiger partial charge in [-0.1, -0.05) is 15.9 Å². The standard InChI is InChI=1S/C15H14BrNO4/c1-10-5-13(3-4-15(10)16)21-9-11-6-12(17(18)19)8-14(7-11)20-2/h3-8H,9H2,1-2H3. The Labute approximate surface area is 130 Å². The molecule has 0 spiro atoms. The SMILES string of the molecule is COc1cc(COc2ccc(Br)c(C)c2)cc([N+](=O)[O-])c1. The number of aryl methyl sites for hydroxylation is 1. The molecule has 0 heterocycles. The second-order valence-corrected chi connectivity index (χ2v) is 5.35. The number of non-ortho nitro benzene ring substituents is 1. The molecule has 0 unspecified atom stereocenters. The fourth-order valence-electron chi connectivity index (χ4n) is 1.82. The van der Waals surface area contributed by atoms with Crippen LogP contribution >= 0.6 is 15.9 Å². The Bertz CT molecular complexity index is 673. The highest BCUT2D eigenvalue weighted by Crippen LogP contribution is 2.25. The van der Waals surface area contributed by atoms with Gasteiger partial charge in [0.05, 0.1) is 18.1 Å². The number of rotatable bonds is 5. The van der Waals surface area contributed by atoms with E-state index in [4.69, 9.17) is 9.47 Å². The average molecular weight is 352 g/mol. The fourth-order valence-corrected chi connectivity index (χ4v) is 2.07. The highest BCUT2D eigenvalue weighted by molar-refractivity contribution is 9.10. The van der Waals surface area contributed by atoms with Gasteiger partial charge in [-0.25, -0.2) is 0 Å². The number of benzene rings is 2. The highest BCUT2D eigenvalue weighted by Gasteiger charge is 2.10. The molecule has 0 aliphatic rings. The van der Waals surface area contributed by atoms with Gasteiger partial charge >= 0.3 is 0 Å². The van der Waals surface area contributed by atoms with Gasteiger partial charge < -0.3 is 9.47 Å². The van der Waals surface area contributed by atoms with Crippen LogP contribution in [0, 0.1) is 17.0 Å². The molecule has 0 N–H and O–H groups in total. The third kappa shape index (κ3) is 3.95. The van der Waals surface area contributed by atoms with E-state index < -0.39 is 4.92 Å². The molecule has 21 heavy (non-hydrogen) atoms. The number of nitro benzene ring substituents is 1. The van der Waals surface area contributed by atoms with E-state index in [1.165, 1.54) is 19.2 Å². The van der Waals surface area contributed by atoms with Crippen molar-refractivity contribution in [3.05, 3.63) is 62.1 Å². The molecule has 0 aromatic heterocycles. The first kappa shape index (κ1) is 15.3. The lowest BCUT2D eigenvalue weighted by atomic mass is 10.2. The molecular weight excluding hydrogens is 338 g/mol. The first-order valence-corrected chi connectivity index (χ1v) is 7.00. The monoisotopic (exact) mass is 351 g/mol. The zero-order chi connectivity index (χ0) is 15.4. The Morgan fingerprint density at radius 3 is 2.57 bits per heavy atom. The molecule has 2 aromatic rings. The summed E-state index contributed by atoms with van der Waals surface area (Å²) in [7, 11) is 1.47. The van der Waals surface area contributed by atoms with E-state index in [0.717, 1.165) is 10.0 Å². The molecule has 0 aliphatic heterocycles. The van der Waals surface area contributed by atoms with Crippen molar-refractivity contribution in [3.63, 3.8) is 0 Å². The Balaban J connectivity index is 2.17. The third-order valence-corrected chi connectivity index (χ3v) is 3.82. The largest absolute Gasteiger partial charge is 0.496 e. The summed E-state index contributed by atoms with van der Waals surface area (Å²) in [4.78, 5) is 10.4. The van der Waals surface area contributed by atoms with Crippen molar-refractivity contribution in [1.82, 2.24) is 0 Å². The lowest BCUT2D eigenvalue weighted by molar-refractivity contribution is -0.385. The van der Waals surface area contributed by atoms with Gasteiger partial charge in [-0.2, -0.15) is 0 Å². The van der Waals surface area contributed by atoms with Gasteiger partial charge in [0, 0.05) is 10.5 Å². The van der Waals surface area contributed by atoms with E-state index in [9.17, 15) is 10.1 Å². The molecule has 0 saturated carbocycles. The van der Waals surface area contributed by atoms with Gasteiger partial charge in [0.1, 0.15) is 18.1 Å². The van der Waals surface area contributed by atoms with Gasteiger partial charge in [-0.05, 0) is 42.3 Å². The van der Waals surface area contributed by atoms with Crippen molar-refractivity contribution in [3.8, 4) is 11.5 Å². The number of nitro groups is 1. The summed E-state index contributed by atoms with van der Waals surface area (Å²) >= 11 is 3.42. The number of ether oxygens (including phenoxy) is 2. The quantitative estimate of drug-likeness (QED) is 0.596. The van der Waals surface area contributed by atoms with Crippen molar-refractivity contribution in [2.24, 2.45) is 0 Å². The van der Waals surface area contributed by atoms with Crippen molar-refractivity contribution < 1.29 is 14.4 Å². The highest BCUT2D eigenvalue weighted by atomic mass is 79.9. The summed E-state index contributed by atoms with van der Waals surface area (Å²) in [6, 6.07) is 10.2. The molecule has 0 radical (unpaired) electrons. The summed E-state index contributed by atoms with van der Waals surface area (Å²) in [5, 5.41) is 10.9. The first-order chi connectivity index (χ1) is 9.99. The second-order valence-electron chi connectivity index (χ2n) is 4.50. The normalized spacial score (nSPS) is 10.2. The van der Waals surface area contributed by atoms with Crippen molar-refractivity contribution in [2.75, 3.05) is 7.11 Å². The van der Waals surface area contributed by atoms with Crippen molar-refractivity contribution in [2.45, 2.75) is 13.5 Å². The molecular formula is C15H14BrNO4. The van der Waals surface area contributed by atoms with Crippen LogP contribution in [-0.4, -0.2) is 12.0 Å². The molecule has 0 fully saturated rings. The zero-order valence-corrected chi connectivity index (χ0v) is 13.2. The molecule has 2 rings (SSSR count). The molecule has 2 aromatic carbocycles. The predicted molar refractivity (Wildman–Crippen MR) is 82.9 cm³/mol. The van der Waals surface area contributed by atoms with Crippen molar-refractivity contribution >= 4 is 21.6 Å². The van der Waals surface area contributed by atoms with Crippen LogP contribution in [0.2, 0.25) is 0 Å². The van der Waals surface area contributed by atoms with Crippen LogP contribution in [0.3, 0.4) is 0 Å². The van der Waals surface area contributed by atoms with E-state index in [1.54, 1.807) is 6.07 Å². The molecule has 0 amide bonds. The topological polar surface area (TPSA) is 61.6 Å². The summed E-state index contributed by atoms with van der Waals surface area (Å²) in [6.45, 7) is 2.20. The molecule has 0 bridgehead atoms. The van der Waals surface area contributed by atoms with Crippen LogP contribution in [0.25, 0.3) is 0 Å². The lowest BCUT2D eigenvalue weighted by Crippen LogP contribution is -1.98. The van der Waals surface area contributed by atoms with E-state index >= 15 is 0 Å². The average Bonchev–Trinajstić information content (AvgIpc) is 2.48. The Hall–Kier alpha value is -2.08. The van der Waals surface area contributed by atoms with Crippen LogP contribution in [0.1, 0.15) is 11.1 Å². The van der Waals surface area contributed by atoms with E-state index in [2.05, 4.69) is 15.9 Å². The molecule has 0 saturated heterocycles.